The van der Waals surface area contributed by atoms with E-state index in [9.17, 15) is 9.59 Å². The van der Waals surface area contributed by atoms with Gasteiger partial charge < -0.3 is 0 Å². The summed E-state index contributed by atoms with van der Waals surface area (Å²) < 4.78 is 0. The van der Waals surface area contributed by atoms with Gasteiger partial charge in [-0.15, -0.1) is 0 Å². The van der Waals surface area contributed by atoms with Gasteiger partial charge in [-0.1, -0.05) is 18.2 Å². The molecule has 1 aliphatic heterocycles. The summed E-state index contributed by atoms with van der Waals surface area (Å²) >= 11 is 0. The van der Waals surface area contributed by atoms with E-state index in [0.29, 0.717) is 21.5 Å². The van der Waals surface area contributed by atoms with Gasteiger partial charge in [-0.25, -0.2) is 9.97 Å². The Morgan fingerprint density at radius 2 is 1.59 bits per heavy atom. The van der Waals surface area contributed by atoms with Gasteiger partial charge >= 0.3 is 0 Å². The van der Waals surface area contributed by atoms with Crippen molar-refractivity contribution in [2.75, 3.05) is 0 Å². The van der Waals surface area contributed by atoms with Gasteiger partial charge in [-0.05, 0) is 30.3 Å². The van der Waals surface area contributed by atoms with Gasteiger partial charge in [0.1, 0.15) is 0 Å². The molecule has 0 amide bonds. The molecule has 0 N–H and O–H groups in total. The molecule has 5 rings (SSSR count). The van der Waals surface area contributed by atoms with Crippen LogP contribution in [0.1, 0.15) is 0 Å². The first-order valence-electron chi connectivity index (χ1n) is 6.95. The number of hydrogen-bond acceptors (Lipinski definition) is 4. The van der Waals surface area contributed by atoms with Crippen LogP contribution in [0, 0.1) is 10.6 Å². The lowest BCUT2D eigenvalue weighted by Gasteiger charge is -1.92. The van der Waals surface area contributed by atoms with Crippen molar-refractivity contribution in [3.8, 4) is 0 Å². The van der Waals surface area contributed by atoms with Crippen LogP contribution in [0.15, 0.2) is 58.1 Å². The topological polar surface area (TPSA) is 59.9 Å². The van der Waals surface area contributed by atoms with Crippen LogP contribution in [0.25, 0.3) is 32.7 Å². The number of benzene rings is 2. The predicted molar refractivity (Wildman–Crippen MR) is 84.8 cm³/mol. The minimum Gasteiger partial charge on any atom is -0.286 e. The number of para-hydroxylation sites is 1. The number of fused-ring (bicyclic) bond motifs is 6. The molecule has 0 unspecified atom stereocenters. The SMILES string of the molecule is O=c1ccc2nc3ccc4c5ccccc5nc4c3c=2c1=O. The summed E-state index contributed by atoms with van der Waals surface area (Å²) in [5.41, 5.74) is 1.32. The van der Waals surface area contributed by atoms with Crippen LogP contribution in [0.4, 0.5) is 0 Å². The third-order valence-electron chi connectivity index (χ3n) is 4.17. The summed E-state index contributed by atoms with van der Waals surface area (Å²) in [7, 11) is 0. The summed E-state index contributed by atoms with van der Waals surface area (Å²) in [5.74, 6) is 0. The summed E-state index contributed by atoms with van der Waals surface area (Å²) in [6.45, 7) is 0. The zero-order valence-electron chi connectivity index (χ0n) is 11.3. The molecule has 1 aromatic heterocycles. The fraction of sp³-hybridized carbons (Fsp3) is 0. The van der Waals surface area contributed by atoms with Gasteiger partial charge in [0.2, 0.25) is 10.9 Å². The molecule has 0 saturated carbocycles. The first-order chi connectivity index (χ1) is 10.7. The van der Waals surface area contributed by atoms with Crippen LogP contribution in [0.3, 0.4) is 0 Å². The summed E-state index contributed by atoms with van der Waals surface area (Å²) in [5, 5.41) is 3.65. The lowest BCUT2D eigenvalue weighted by molar-refractivity contribution is 1.30. The van der Waals surface area contributed by atoms with Crippen LogP contribution < -0.4 is 10.9 Å². The molecule has 3 aromatic rings. The maximum atomic E-state index is 12.3. The molecule has 2 aromatic carbocycles. The van der Waals surface area contributed by atoms with Crippen molar-refractivity contribution in [3.63, 3.8) is 0 Å². The van der Waals surface area contributed by atoms with E-state index in [1.807, 2.05) is 36.4 Å². The highest BCUT2D eigenvalue weighted by molar-refractivity contribution is 6.16. The van der Waals surface area contributed by atoms with E-state index in [-0.39, 0.29) is 0 Å². The van der Waals surface area contributed by atoms with E-state index < -0.39 is 10.9 Å². The second-order valence-corrected chi connectivity index (χ2v) is 5.38. The van der Waals surface area contributed by atoms with Crippen molar-refractivity contribution >= 4 is 32.7 Å². The monoisotopic (exact) mass is 284 g/mol. The Morgan fingerprint density at radius 3 is 2.50 bits per heavy atom. The summed E-state index contributed by atoms with van der Waals surface area (Å²) in [4.78, 5) is 33.1. The van der Waals surface area contributed by atoms with Crippen molar-refractivity contribution in [2.45, 2.75) is 0 Å². The molecule has 2 heterocycles. The minimum absolute atomic E-state index is 0.385. The molecule has 4 heteroatoms. The highest BCUT2D eigenvalue weighted by Crippen LogP contribution is 2.31. The van der Waals surface area contributed by atoms with Crippen molar-refractivity contribution in [2.24, 2.45) is 0 Å². The molecule has 0 saturated heterocycles. The smallest absolute Gasteiger partial charge is 0.235 e. The molecule has 4 nitrogen and oxygen atoms in total. The highest BCUT2D eigenvalue weighted by Gasteiger charge is 2.14. The molecular formula is C18H8N2O2. The maximum absolute atomic E-state index is 12.3. The standard InChI is InChI=1S/C18H8N2O2/c21-14-8-7-13-16(18(14)22)15-12(19-13)6-5-10-9-3-1-2-4-11(9)20-17(10)15/h1-8H. The molecule has 1 aliphatic carbocycles. The Kier molecular flexibility index (Phi) is 1.96. The largest absolute Gasteiger partial charge is 0.286 e. The van der Waals surface area contributed by atoms with Crippen LogP contribution in [0.2, 0.25) is 0 Å². The molecule has 2 aliphatic rings. The lowest BCUT2D eigenvalue weighted by atomic mass is 10.1. The van der Waals surface area contributed by atoms with Gasteiger partial charge in [0, 0.05) is 16.2 Å². The number of rotatable bonds is 0. The summed E-state index contributed by atoms with van der Waals surface area (Å²) in [6.07, 6.45) is 0. The Morgan fingerprint density at radius 1 is 0.727 bits per heavy atom. The van der Waals surface area contributed by atoms with E-state index in [1.165, 1.54) is 6.07 Å². The number of aromatic nitrogens is 2. The van der Waals surface area contributed by atoms with Gasteiger partial charge in [0.15, 0.2) is 0 Å². The Labute approximate surface area is 123 Å². The van der Waals surface area contributed by atoms with Crippen molar-refractivity contribution in [1.82, 2.24) is 9.97 Å². The Hall–Kier alpha value is -3.14. The van der Waals surface area contributed by atoms with Gasteiger partial charge in [-0.2, -0.15) is 0 Å². The maximum Gasteiger partial charge on any atom is 0.235 e. The molecule has 0 atom stereocenters. The van der Waals surface area contributed by atoms with Gasteiger partial charge in [0.25, 0.3) is 0 Å². The molecule has 0 radical (unpaired) electrons. The van der Waals surface area contributed by atoms with Gasteiger partial charge in [-0.3, -0.25) is 9.59 Å². The molecule has 0 spiro atoms. The summed E-state index contributed by atoms with van der Waals surface area (Å²) in [6, 6.07) is 14.6. The van der Waals surface area contributed by atoms with E-state index >= 15 is 0 Å². The quantitative estimate of drug-likeness (QED) is 0.409. The zero-order valence-corrected chi connectivity index (χ0v) is 11.3. The predicted octanol–water partition coefficient (Wildman–Crippen LogP) is 2.26. The highest BCUT2D eigenvalue weighted by atomic mass is 16.2. The first kappa shape index (κ1) is 11.5. The fourth-order valence-electron chi connectivity index (χ4n) is 3.19. The van der Waals surface area contributed by atoms with Gasteiger partial charge in [0.05, 0.1) is 27.1 Å². The van der Waals surface area contributed by atoms with E-state index in [4.69, 9.17) is 0 Å². The van der Waals surface area contributed by atoms with Crippen LogP contribution in [0.5, 0.6) is 0 Å². The Bertz CT molecular complexity index is 1360. The third-order valence-corrected chi connectivity index (χ3v) is 4.17. The van der Waals surface area contributed by atoms with E-state index in [2.05, 4.69) is 9.97 Å². The molecule has 0 fully saturated rings. The molecule has 102 valence electrons. The first-order valence-corrected chi connectivity index (χ1v) is 6.95. The average Bonchev–Trinajstić information content (AvgIpc) is 3.09. The van der Waals surface area contributed by atoms with Crippen molar-refractivity contribution < 1.29 is 0 Å². The molecule has 0 bridgehead atoms. The van der Waals surface area contributed by atoms with Crippen molar-refractivity contribution in [1.29, 1.82) is 0 Å². The van der Waals surface area contributed by atoms with Crippen LogP contribution in [-0.4, -0.2) is 9.97 Å². The number of nitrogens with zero attached hydrogens (tertiary/aromatic N) is 2. The molecule has 22 heavy (non-hydrogen) atoms. The molecular weight excluding hydrogens is 276 g/mol. The second kappa shape index (κ2) is 3.74. The lowest BCUT2D eigenvalue weighted by Crippen LogP contribution is -2.23. The number of hydrogen-bond donors (Lipinski definition) is 0. The Balaban J connectivity index is 2.21. The van der Waals surface area contributed by atoms with E-state index in [0.717, 1.165) is 21.8 Å². The second-order valence-electron chi connectivity index (χ2n) is 5.38. The minimum atomic E-state index is -0.505. The zero-order chi connectivity index (χ0) is 14.8. The van der Waals surface area contributed by atoms with Crippen LogP contribution >= 0.6 is 0 Å². The fourth-order valence-corrected chi connectivity index (χ4v) is 3.19. The average molecular weight is 284 g/mol. The normalized spacial score (nSPS) is 12.0. The van der Waals surface area contributed by atoms with Crippen molar-refractivity contribution in [3.05, 3.63) is 79.5 Å². The van der Waals surface area contributed by atoms with Crippen LogP contribution in [-0.2, 0) is 0 Å². The van der Waals surface area contributed by atoms with E-state index in [1.54, 1.807) is 6.07 Å². The third kappa shape index (κ3) is 1.27.